The van der Waals surface area contributed by atoms with Gasteiger partial charge in [-0.3, -0.25) is 0 Å². The summed E-state index contributed by atoms with van der Waals surface area (Å²) in [7, 11) is -3.28. The van der Waals surface area contributed by atoms with Crippen LogP contribution >= 0.6 is 11.3 Å². The van der Waals surface area contributed by atoms with Crippen LogP contribution in [0.3, 0.4) is 0 Å². The average Bonchev–Trinajstić information content (AvgIpc) is 3.07. The molecule has 1 aliphatic rings. The highest BCUT2D eigenvalue weighted by Crippen LogP contribution is 2.31. The molecule has 1 saturated heterocycles. The molecule has 1 aliphatic heterocycles. The van der Waals surface area contributed by atoms with Gasteiger partial charge in [0.15, 0.2) is 0 Å². The first-order chi connectivity index (χ1) is 9.48. The molecule has 0 saturated carbocycles. The minimum Gasteiger partial charge on any atom is -0.371 e. The van der Waals surface area contributed by atoms with Crippen LogP contribution in [0.4, 0.5) is 5.69 Å². The van der Waals surface area contributed by atoms with Crippen molar-refractivity contribution in [3.05, 3.63) is 18.2 Å². The Morgan fingerprint density at radius 2 is 1.95 bits per heavy atom. The fourth-order valence-corrected chi connectivity index (χ4v) is 5.06. The van der Waals surface area contributed by atoms with Crippen molar-refractivity contribution in [3.8, 4) is 0 Å². The molecule has 0 amide bonds. The second kappa shape index (κ2) is 5.00. The number of hydrogen-bond donors (Lipinski definition) is 0. The zero-order valence-corrected chi connectivity index (χ0v) is 13.3. The van der Waals surface area contributed by atoms with Crippen molar-refractivity contribution in [2.45, 2.75) is 36.3 Å². The summed E-state index contributed by atoms with van der Waals surface area (Å²) in [5.74, 6) is 0. The number of rotatable bonds is 3. The van der Waals surface area contributed by atoms with Crippen molar-refractivity contribution in [1.29, 1.82) is 0 Å². The third-order valence-electron chi connectivity index (χ3n) is 3.69. The van der Waals surface area contributed by atoms with Gasteiger partial charge in [-0.2, -0.15) is 0 Å². The highest BCUT2D eigenvalue weighted by Gasteiger charge is 2.24. The Labute approximate surface area is 123 Å². The van der Waals surface area contributed by atoms with Crippen LogP contribution in [-0.4, -0.2) is 31.7 Å². The number of aromatic nitrogens is 1. The molecule has 1 fully saturated rings. The Hall–Kier alpha value is -1.14. The largest absolute Gasteiger partial charge is 0.371 e. The normalized spacial score (nSPS) is 16.4. The third kappa shape index (κ3) is 2.31. The maximum absolute atomic E-state index is 12.2. The average molecular weight is 310 g/mol. The lowest BCUT2D eigenvalue weighted by Gasteiger charge is -2.16. The second-order valence-corrected chi connectivity index (χ2v) is 9.13. The van der Waals surface area contributed by atoms with Gasteiger partial charge < -0.3 is 4.90 Å². The fourth-order valence-electron chi connectivity index (χ4n) is 2.39. The van der Waals surface area contributed by atoms with Gasteiger partial charge in [0.05, 0.1) is 15.5 Å². The molecule has 0 unspecified atom stereocenters. The molecular weight excluding hydrogens is 292 g/mol. The van der Waals surface area contributed by atoms with E-state index in [1.54, 1.807) is 13.8 Å². The molecule has 2 heterocycles. The minimum atomic E-state index is -3.28. The Balaban J connectivity index is 2.03. The summed E-state index contributed by atoms with van der Waals surface area (Å²) in [6.45, 7) is 5.55. The molecule has 0 bridgehead atoms. The van der Waals surface area contributed by atoms with Gasteiger partial charge in [0.1, 0.15) is 0 Å². The number of nitrogens with zero attached hydrogens (tertiary/aromatic N) is 2. The number of hydrogen-bond acceptors (Lipinski definition) is 5. The van der Waals surface area contributed by atoms with Crippen LogP contribution in [0.5, 0.6) is 0 Å². The molecule has 0 spiro atoms. The molecular formula is C14H18N2O2S2. The molecule has 0 aliphatic carbocycles. The molecule has 0 N–H and O–H groups in total. The van der Waals surface area contributed by atoms with Gasteiger partial charge in [0.25, 0.3) is 0 Å². The number of benzene rings is 1. The number of fused-ring (bicyclic) bond motifs is 1. The summed E-state index contributed by atoms with van der Waals surface area (Å²) in [5, 5.41) is -0.430. The number of sulfone groups is 1. The van der Waals surface area contributed by atoms with E-state index in [0.717, 1.165) is 23.3 Å². The molecule has 3 rings (SSSR count). The lowest BCUT2D eigenvalue weighted by molar-refractivity contribution is 0.587. The minimum absolute atomic E-state index is 0.237. The quantitative estimate of drug-likeness (QED) is 0.874. The molecule has 6 heteroatoms. The van der Waals surface area contributed by atoms with Crippen LogP contribution in [0, 0.1) is 0 Å². The van der Waals surface area contributed by atoms with E-state index in [1.165, 1.54) is 29.9 Å². The van der Waals surface area contributed by atoms with Crippen molar-refractivity contribution in [3.63, 3.8) is 0 Å². The molecule has 20 heavy (non-hydrogen) atoms. The van der Waals surface area contributed by atoms with E-state index in [-0.39, 0.29) is 4.34 Å². The fraction of sp³-hybridized carbons (Fsp3) is 0.500. The first-order valence-electron chi connectivity index (χ1n) is 6.88. The summed E-state index contributed by atoms with van der Waals surface area (Å²) < 4.78 is 25.5. The highest BCUT2D eigenvalue weighted by atomic mass is 32.2. The van der Waals surface area contributed by atoms with Crippen molar-refractivity contribution in [2.24, 2.45) is 0 Å². The van der Waals surface area contributed by atoms with Gasteiger partial charge in [0.2, 0.25) is 14.2 Å². The lowest BCUT2D eigenvalue weighted by atomic mass is 10.3. The Morgan fingerprint density at radius 1 is 1.25 bits per heavy atom. The van der Waals surface area contributed by atoms with Gasteiger partial charge >= 0.3 is 0 Å². The summed E-state index contributed by atoms with van der Waals surface area (Å²) >= 11 is 1.28. The van der Waals surface area contributed by atoms with E-state index in [0.29, 0.717) is 0 Å². The summed E-state index contributed by atoms with van der Waals surface area (Å²) in [6, 6.07) is 6.04. The van der Waals surface area contributed by atoms with Crippen LogP contribution in [-0.2, 0) is 9.84 Å². The predicted molar refractivity (Wildman–Crippen MR) is 83.4 cm³/mol. The maximum Gasteiger partial charge on any atom is 0.210 e. The van der Waals surface area contributed by atoms with Crippen LogP contribution in [0.1, 0.15) is 26.7 Å². The summed E-state index contributed by atoms with van der Waals surface area (Å²) in [6.07, 6.45) is 2.46. The summed E-state index contributed by atoms with van der Waals surface area (Å²) in [4.78, 5) is 6.63. The van der Waals surface area contributed by atoms with Crippen molar-refractivity contribution in [2.75, 3.05) is 18.0 Å². The van der Waals surface area contributed by atoms with Crippen LogP contribution in [0.25, 0.3) is 10.2 Å². The first-order valence-corrected chi connectivity index (χ1v) is 9.24. The van der Waals surface area contributed by atoms with E-state index < -0.39 is 15.1 Å². The smallest absolute Gasteiger partial charge is 0.210 e. The van der Waals surface area contributed by atoms with Crippen LogP contribution in [0.15, 0.2) is 22.5 Å². The Bertz CT molecular complexity index is 729. The van der Waals surface area contributed by atoms with Crippen LogP contribution < -0.4 is 4.90 Å². The predicted octanol–water partition coefficient (Wildman–Crippen LogP) is 3.08. The SMILES string of the molecule is CC(C)S(=O)(=O)c1nc2ccc(N3CCCC3)cc2s1. The van der Waals surface area contributed by atoms with Crippen molar-refractivity contribution in [1.82, 2.24) is 4.98 Å². The molecule has 1 aromatic heterocycles. The van der Waals surface area contributed by atoms with E-state index >= 15 is 0 Å². The second-order valence-electron chi connectivity index (χ2n) is 5.42. The van der Waals surface area contributed by atoms with Gasteiger partial charge in [0, 0.05) is 18.8 Å². The van der Waals surface area contributed by atoms with Crippen molar-refractivity contribution < 1.29 is 8.42 Å². The van der Waals surface area contributed by atoms with Gasteiger partial charge in [-0.25, -0.2) is 13.4 Å². The number of anilines is 1. The van der Waals surface area contributed by atoms with E-state index in [4.69, 9.17) is 0 Å². The molecule has 2 aromatic rings. The van der Waals surface area contributed by atoms with E-state index in [9.17, 15) is 8.42 Å². The van der Waals surface area contributed by atoms with Crippen LogP contribution in [0.2, 0.25) is 0 Å². The van der Waals surface area contributed by atoms with Gasteiger partial charge in [-0.05, 0) is 44.9 Å². The molecule has 108 valence electrons. The highest BCUT2D eigenvalue weighted by molar-refractivity contribution is 7.94. The van der Waals surface area contributed by atoms with E-state index in [1.807, 2.05) is 12.1 Å². The Kier molecular flexibility index (Phi) is 3.46. The zero-order chi connectivity index (χ0) is 14.3. The molecule has 0 atom stereocenters. The number of thiazole rings is 1. The molecule has 0 radical (unpaired) electrons. The third-order valence-corrected chi connectivity index (χ3v) is 7.27. The monoisotopic (exact) mass is 310 g/mol. The van der Waals surface area contributed by atoms with Gasteiger partial charge in [-0.15, -0.1) is 11.3 Å². The standard InChI is InChI=1S/C14H18N2O2S2/c1-10(2)20(17,18)14-15-12-6-5-11(9-13(12)19-14)16-7-3-4-8-16/h5-6,9-10H,3-4,7-8H2,1-2H3. The summed E-state index contributed by atoms with van der Waals surface area (Å²) in [5.41, 5.74) is 1.95. The lowest BCUT2D eigenvalue weighted by Crippen LogP contribution is -2.17. The first kappa shape index (κ1) is 13.8. The molecule has 1 aromatic carbocycles. The zero-order valence-electron chi connectivity index (χ0n) is 11.7. The molecule has 4 nitrogen and oxygen atoms in total. The maximum atomic E-state index is 12.2. The van der Waals surface area contributed by atoms with Gasteiger partial charge in [-0.1, -0.05) is 0 Å². The van der Waals surface area contributed by atoms with E-state index in [2.05, 4.69) is 16.0 Å². The van der Waals surface area contributed by atoms with Crippen molar-refractivity contribution >= 4 is 37.1 Å². The Morgan fingerprint density at radius 3 is 2.60 bits per heavy atom. The topological polar surface area (TPSA) is 50.3 Å².